The Kier molecular flexibility index (Phi) is 9.42. The molecule has 0 saturated heterocycles. The Balaban J connectivity index is 2.65. The van der Waals surface area contributed by atoms with Crippen LogP contribution in [-0.2, 0) is 9.47 Å². The van der Waals surface area contributed by atoms with Gasteiger partial charge in [-0.05, 0) is 54.0 Å². The standard InChI is InChI=1S/C27H34N2O2/c1-19(9-12-22(4)30-23(5)14-11-21(3)28)27(7,8)20(2)10-13-24(6)31-26-17-15-25(29)16-18-26/h9-15,17H,1-6,16,18,28-29H2,7-8H3/b12-9-,13-10-,14-11-. The van der Waals surface area contributed by atoms with Crippen molar-refractivity contribution in [1.82, 2.24) is 0 Å². The fourth-order valence-electron chi connectivity index (χ4n) is 2.37. The molecule has 164 valence electrons. The largest absolute Gasteiger partial charge is 0.462 e. The van der Waals surface area contributed by atoms with E-state index in [4.69, 9.17) is 20.9 Å². The molecule has 0 unspecified atom stereocenters. The highest BCUT2D eigenvalue weighted by molar-refractivity contribution is 5.39. The molecule has 0 bridgehead atoms. The predicted octanol–water partition coefficient (Wildman–Crippen LogP) is 6.36. The van der Waals surface area contributed by atoms with Gasteiger partial charge in [-0.1, -0.05) is 65.5 Å². The summed E-state index contributed by atoms with van der Waals surface area (Å²) in [6.45, 7) is 27.6. The second kappa shape index (κ2) is 11.5. The summed E-state index contributed by atoms with van der Waals surface area (Å²) in [7, 11) is 0. The van der Waals surface area contributed by atoms with Gasteiger partial charge in [0.25, 0.3) is 0 Å². The molecule has 0 aromatic heterocycles. The highest BCUT2D eigenvalue weighted by Gasteiger charge is 2.22. The van der Waals surface area contributed by atoms with E-state index in [-0.39, 0.29) is 0 Å². The first-order valence-electron chi connectivity index (χ1n) is 9.87. The zero-order valence-corrected chi connectivity index (χ0v) is 18.7. The van der Waals surface area contributed by atoms with Crippen LogP contribution in [0.25, 0.3) is 0 Å². The third-order valence-electron chi connectivity index (χ3n) is 4.70. The van der Waals surface area contributed by atoms with E-state index < -0.39 is 5.41 Å². The summed E-state index contributed by atoms with van der Waals surface area (Å²) in [5.74, 6) is 2.20. The van der Waals surface area contributed by atoms with Crippen molar-refractivity contribution in [3.63, 3.8) is 0 Å². The topological polar surface area (TPSA) is 70.5 Å². The first-order valence-corrected chi connectivity index (χ1v) is 9.87. The molecular weight excluding hydrogens is 384 g/mol. The molecule has 1 aliphatic rings. The van der Waals surface area contributed by atoms with Gasteiger partial charge in [0.15, 0.2) is 0 Å². The number of nitrogens with two attached hydrogens (primary N) is 2. The van der Waals surface area contributed by atoms with Crippen molar-refractivity contribution in [3.8, 4) is 0 Å². The first-order chi connectivity index (χ1) is 14.4. The average Bonchev–Trinajstić information content (AvgIpc) is 2.70. The third kappa shape index (κ3) is 9.13. The molecule has 0 aromatic rings. The quantitative estimate of drug-likeness (QED) is 0.286. The van der Waals surface area contributed by atoms with E-state index in [0.717, 1.165) is 35.4 Å². The van der Waals surface area contributed by atoms with Crippen LogP contribution in [-0.4, -0.2) is 0 Å². The summed E-state index contributed by atoms with van der Waals surface area (Å²) in [6, 6.07) is 0. The van der Waals surface area contributed by atoms with Crippen LogP contribution < -0.4 is 11.5 Å². The Labute approximate surface area is 187 Å². The highest BCUT2D eigenvalue weighted by atomic mass is 16.5. The van der Waals surface area contributed by atoms with Crippen LogP contribution >= 0.6 is 0 Å². The maximum absolute atomic E-state index is 5.76. The average molecular weight is 419 g/mol. The Morgan fingerprint density at radius 2 is 1.32 bits per heavy atom. The van der Waals surface area contributed by atoms with E-state index in [0.29, 0.717) is 23.0 Å². The van der Waals surface area contributed by atoms with Gasteiger partial charge in [-0.15, -0.1) is 0 Å². The molecule has 0 saturated carbocycles. The fraction of sp³-hybridized carbons (Fsp3) is 0.185. The minimum Gasteiger partial charge on any atom is -0.462 e. The van der Waals surface area contributed by atoms with Crippen LogP contribution in [0.1, 0.15) is 26.7 Å². The molecule has 0 atom stereocenters. The second-order valence-electron chi connectivity index (χ2n) is 7.73. The van der Waals surface area contributed by atoms with Crippen molar-refractivity contribution in [2.45, 2.75) is 26.7 Å². The summed E-state index contributed by atoms with van der Waals surface area (Å²) < 4.78 is 11.3. The van der Waals surface area contributed by atoms with Gasteiger partial charge in [-0.3, -0.25) is 0 Å². The number of hydrogen-bond donors (Lipinski definition) is 2. The van der Waals surface area contributed by atoms with Gasteiger partial charge in [0.1, 0.15) is 23.0 Å². The van der Waals surface area contributed by atoms with Crippen molar-refractivity contribution >= 4 is 0 Å². The lowest BCUT2D eigenvalue weighted by Gasteiger charge is -2.26. The summed E-state index contributed by atoms with van der Waals surface area (Å²) in [6.07, 6.45) is 15.8. The van der Waals surface area contributed by atoms with E-state index in [1.54, 1.807) is 24.3 Å². The maximum Gasteiger partial charge on any atom is 0.120 e. The molecule has 0 amide bonds. The van der Waals surface area contributed by atoms with Gasteiger partial charge >= 0.3 is 0 Å². The molecule has 4 heteroatoms. The predicted molar refractivity (Wildman–Crippen MR) is 132 cm³/mol. The van der Waals surface area contributed by atoms with E-state index >= 15 is 0 Å². The van der Waals surface area contributed by atoms with Gasteiger partial charge in [0, 0.05) is 23.2 Å². The Bertz CT molecular complexity index is 934. The first kappa shape index (κ1) is 25.4. The molecule has 1 rings (SSSR count). The maximum atomic E-state index is 5.76. The van der Waals surface area contributed by atoms with Crippen LogP contribution in [0.15, 0.2) is 134 Å². The minimum atomic E-state index is -0.400. The van der Waals surface area contributed by atoms with Crippen molar-refractivity contribution in [1.29, 1.82) is 0 Å². The van der Waals surface area contributed by atoms with Crippen LogP contribution in [0, 0.1) is 5.41 Å². The van der Waals surface area contributed by atoms with Crippen LogP contribution in [0.3, 0.4) is 0 Å². The zero-order chi connectivity index (χ0) is 23.6. The molecule has 4 N–H and O–H groups in total. The molecule has 1 aliphatic carbocycles. The lowest BCUT2D eigenvalue weighted by molar-refractivity contribution is 0.304. The Hall–Kier alpha value is -3.66. The van der Waals surface area contributed by atoms with Crippen LogP contribution in [0.5, 0.6) is 0 Å². The molecule has 0 aliphatic heterocycles. The van der Waals surface area contributed by atoms with E-state index in [1.165, 1.54) is 0 Å². The minimum absolute atomic E-state index is 0.400. The molecule has 4 nitrogen and oxygen atoms in total. The molecule has 0 aromatic carbocycles. The number of allylic oxidation sites excluding steroid dienone is 12. The van der Waals surface area contributed by atoms with E-state index in [1.807, 2.05) is 38.2 Å². The monoisotopic (exact) mass is 418 g/mol. The second-order valence-corrected chi connectivity index (χ2v) is 7.73. The van der Waals surface area contributed by atoms with Gasteiger partial charge in [0.2, 0.25) is 0 Å². The lowest BCUT2D eigenvalue weighted by atomic mass is 9.78. The number of ether oxygens (including phenoxy) is 2. The summed E-state index contributed by atoms with van der Waals surface area (Å²) >= 11 is 0. The molecule has 0 heterocycles. The molecule has 0 radical (unpaired) electrons. The normalized spacial score (nSPS) is 14.3. The lowest BCUT2D eigenvalue weighted by Crippen LogP contribution is -2.14. The van der Waals surface area contributed by atoms with Crippen molar-refractivity contribution in [3.05, 3.63) is 134 Å². The van der Waals surface area contributed by atoms with Gasteiger partial charge in [-0.25, -0.2) is 0 Å². The third-order valence-corrected chi connectivity index (χ3v) is 4.70. The summed E-state index contributed by atoms with van der Waals surface area (Å²) in [5.41, 5.74) is 13.8. The molecule has 0 spiro atoms. The zero-order valence-electron chi connectivity index (χ0n) is 18.7. The van der Waals surface area contributed by atoms with Gasteiger partial charge in [0.05, 0.1) is 0 Å². The van der Waals surface area contributed by atoms with E-state index in [2.05, 4.69) is 39.5 Å². The Morgan fingerprint density at radius 3 is 1.81 bits per heavy atom. The number of rotatable bonds is 12. The fourth-order valence-corrected chi connectivity index (χ4v) is 2.37. The summed E-state index contributed by atoms with van der Waals surface area (Å²) in [5, 5.41) is 0. The van der Waals surface area contributed by atoms with E-state index in [9.17, 15) is 0 Å². The van der Waals surface area contributed by atoms with Crippen LogP contribution in [0.4, 0.5) is 0 Å². The molecule has 31 heavy (non-hydrogen) atoms. The van der Waals surface area contributed by atoms with Crippen molar-refractivity contribution in [2.24, 2.45) is 16.9 Å². The summed E-state index contributed by atoms with van der Waals surface area (Å²) in [4.78, 5) is 0. The number of hydrogen-bond acceptors (Lipinski definition) is 4. The van der Waals surface area contributed by atoms with Gasteiger partial charge < -0.3 is 20.9 Å². The SMILES string of the molecule is C=C(N)/C=C\C(=C)OC(=C)/C=C\C(=C)C(C)(C)C(=C)/C=C\C(=C)OC1=CC=C(N)CC1. The van der Waals surface area contributed by atoms with Gasteiger partial charge in [-0.2, -0.15) is 0 Å². The Morgan fingerprint density at radius 1 is 0.806 bits per heavy atom. The smallest absolute Gasteiger partial charge is 0.120 e. The molecule has 0 fully saturated rings. The highest BCUT2D eigenvalue weighted by Crippen LogP contribution is 2.35. The van der Waals surface area contributed by atoms with Crippen molar-refractivity contribution in [2.75, 3.05) is 0 Å². The molecular formula is C27H34N2O2. The van der Waals surface area contributed by atoms with Crippen LogP contribution in [0.2, 0.25) is 0 Å². The van der Waals surface area contributed by atoms with Crippen molar-refractivity contribution < 1.29 is 9.47 Å².